The van der Waals surface area contributed by atoms with E-state index >= 15 is 0 Å². The summed E-state index contributed by atoms with van der Waals surface area (Å²) in [7, 11) is 1.64. The molecule has 1 aliphatic carbocycles. The Bertz CT molecular complexity index is 416. The second kappa shape index (κ2) is 6.68. The summed E-state index contributed by atoms with van der Waals surface area (Å²) in [6.45, 7) is 0.545. The summed E-state index contributed by atoms with van der Waals surface area (Å²) < 4.78 is 5.03. The van der Waals surface area contributed by atoms with Crippen LogP contribution in [-0.2, 0) is 11.3 Å². The first-order chi connectivity index (χ1) is 9.20. The molecule has 2 N–H and O–H groups in total. The maximum absolute atomic E-state index is 12.1. The van der Waals surface area contributed by atoms with Gasteiger partial charge in [-0.1, -0.05) is 25.0 Å². The van der Waals surface area contributed by atoms with Gasteiger partial charge in [0.25, 0.3) is 5.91 Å². The van der Waals surface area contributed by atoms with Gasteiger partial charge < -0.3 is 15.2 Å². The minimum atomic E-state index is -0.412. The van der Waals surface area contributed by atoms with Crippen molar-refractivity contribution in [3.8, 4) is 0 Å². The van der Waals surface area contributed by atoms with Gasteiger partial charge in [0.2, 0.25) is 0 Å². The lowest BCUT2D eigenvalue weighted by atomic mass is 9.92. The summed E-state index contributed by atoms with van der Waals surface area (Å²) in [6.07, 6.45) is 3.32. The molecule has 0 spiro atoms. The highest BCUT2D eigenvalue weighted by atomic mass is 16.5. The highest BCUT2D eigenvalue weighted by molar-refractivity contribution is 5.94. The van der Waals surface area contributed by atoms with E-state index in [0.717, 1.165) is 31.2 Å². The van der Waals surface area contributed by atoms with Crippen LogP contribution in [-0.4, -0.2) is 30.3 Å². The lowest BCUT2D eigenvalue weighted by molar-refractivity contribution is 0.0717. The average Bonchev–Trinajstić information content (AvgIpc) is 2.42. The second-order valence-corrected chi connectivity index (χ2v) is 5.06. The summed E-state index contributed by atoms with van der Waals surface area (Å²) in [4.78, 5) is 12.1. The number of benzene rings is 1. The molecule has 0 saturated heterocycles. The van der Waals surface area contributed by atoms with Gasteiger partial charge in [0.15, 0.2) is 0 Å². The molecule has 1 fully saturated rings. The Kier molecular flexibility index (Phi) is 4.93. The SMILES string of the molecule is COCc1ccc(C(=O)NC2CCCCC2O)cc1. The van der Waals surface area contributed by atoms with Crippen molar-refractivity contribution >= 4 is 5.91 Å². The Morgan fingerprint density at radius 3 is 2.63 bits per heavy atom. The van der Waals surface area contributed by atoms with Crippen molar-refractivity contribution in [2.24, 2.45) is 0 Å². The molecule has 2 unspecified atom stereocenters. The number of methoxy groups -OCH3 is 1. The van der Waals surface area contributed by atoms with Crippen LogP contribution in [0.1, 0.15) is 41.6 Å². The number of ether oxygens (including phenoxy) is 1. The van der Waals surface area contributed by atoms with E-state index in [0.29, 0.717) is 12.2 Å². The Hall–Kier alpha value is -1.39. The topological polar surface area (TPSA) is 58.6 Å². The van der Waals surface area contributed by atoms with Crippen LogP contribution in [0.5, 0.6) is 0 Å². The fraction of sp³-hybridized carbons (Fsp3) is 0.533. The van der Waals surface area contributed by atoms with Crippen LogP contribution in [0.4, 0.5) is 0 Å². The average molecular weight is 263 g/mol. The number of rotatable bonds is 4. The van der Waals surface area contributed by atoms with Gasteiger partial charge in [0, 0.05) is 12.7 Å². The van der Waals surface area contributed by atoms with E-state index in [2.05, 4.69) is 5.32 Å². The van der Waals surface area contributed by atoms with Crippen molar-refractivity contribution in [2.45, 2.75) is 44.4 Å². The largest absolute Gasteiger partial charge is 0.391 e. The molecule has 2 atom stereocenters. The first-order valence-electron chi connectivity index (χ1n) is 6.77. The van der Waals surface area contributed by atoms with E-state index in [4.69, 9.17) is 4.74 Å². The zero-order valence-electron chi connectivity index (χ0n) is 11.3. The molecular formula is C15H21NO3. The first kappa shape index (κ1) is 14.0. The van der Waals surface area contributed by atoms with Gasteiger partial charge in [0.1, 0.15) is 0 Å². The standard InChI is InChI=1S/C15H21NO3/c1-19-10-11-6-8-12(9-7-11)15(18)16-13-4-2-3-5-14(13)17/h6-9,13-14,17H,2-5,10H2,1H3,(H,16,18). The Morgan fingerprint density at radius 2 is 2.00 bits per heavy atom. The van der Waals surface area contributed by atoms with Crippen molar-refractivity contribution in [3.63, 3.8) is 0 Å². The molecule has 1 saturated carbocycles. The molecule has 2 rings (SSSR count). The lowest BCUT2D eigenvalue weighted by Gasteiger charge is -2.28. The number of hydrogen-bond donors (Lipinski definition) is 2. The van der Waals surface area contributed by atoms with E-state index in [1.165, 1.54) is 0 Å². The van der Waals surface area contributed by atoms with Gasteiger partial charge >= 0.3 is 0 Å². The maximum Gasteiger partial charge on any atom is 0.251 e. The predicted octanol–water partition coefficient (Wildman–Crippen LogP) is 1.87. The van der Waals surface area contributed by atoms with Crippen LogP contribution in [0.3, 0.4) is 0 Å². The first-order valence-corrected chi connectivity index (χ1v) is 6.77. The zero-order chi connectivity index (χ0) is 13.7. The highest BCUT2D eigenvalue weighted by Gasteiger charge is 2.24. The monoisotopic (exact) mass is 263 g/mol. The quantitative estimate of drug-likeness (QED) is 0.872. The van der Waals surface area contributed by atoms with Gasteiger partial charge in [-0.3, -0.25) is 4.79 Å². The van der Waals surface area contributed by atoms with Gasteiger partial charge in [-0.15, -0.1) is 0 Å². The molecular weight excluding hydrogens is 242 g/mol. The van der Waals surface area contributed by atoms with E-state index in [9.17, 15) is 9.90 Å². The van der Waals surface area contributed by atoms with E-state index in [-0.39, 0.29) is 11.9 Å². The smallest absolute Gasteiger partial charge is 0.251 e. The fourth-order valence-corrected chi connectivity index (χ4v) is 2.45. The molecule has 0 bridgehead atoms. The van der Waals surface area contributed by atoms with Crippen LogP contribution >= 0.6 is 0 Å². The maximum atomic E-state index is 12.1. The number of aliphatic hydroxyl groups excluding tert-OH is 1. The fourth-order valence-electron chi connectivity index (χ4n) is 2.45. The molecule has 4 nitrogen and oxygen atoms in total. The second-order valence-electron chi connectivity index (χ2n) is 5.06. The third kappa shape index (κ3) is 3.78. The lowest BCUT2D eigenvalue weighted by Crippen LogP contribution is -2.45. The summed E-state index contributed by atoms with van der Waals surface area (Å²) >= 11 is 0. The minimum Gasteiger partial charge on any atom is -0.391 e. The van der Waals surface area contributed by atoms with E-state index in [1.807, 2.05) is 12.1 Å². The van der Waals surface area contributed by atoms with Crippen molar-refractivity contribution < 1.29 is 14.6 Å². The Labute approximate surface area is 113 Å². The summed E-state index contributed by atoms with van der Waals surface area (Å²) in [5.74, 6) is -0.116. The van der Waals surface area contributed by atoms with Gasteiger partial charge in [-0.05, 0) is 30.5 Å². The number of nitrogens with one attached hydrogen (secondary N) is 1. The molecule has 104 valence electrons. The molecule has 4 heteroatoms. The molecule has 1 aliphatic rings. The molecule has 0 aromatic heterocycles. The van der Waals surface area contributed by atoms with Crippen molar-refractivity contribution in [3.05, 3.63) is 35.4 Å². The van der Waals surface area contributed by atoms with Crippen LogP contribution in [0, 0.1) is 0 Å². The Balaban J connectivity index is 1.95. The van der Waals surface area contributed by atoms with Crippen LogP contribution < -0.4 is 5.32 Å². The summed E-state index contributed by atoms with van der Waals surface area (Å²) in [5, 5.41) is 12.8. The highest BCUT2D eigenvalue weighted by Crippen LogP contribution is 2.18. The molecule has 1 aromatic carbocycles. The molecule has 0 radical (unpaired) electrons. The summed E-state index contributed by atoms with van der Waals surface area (Å²) in [6, 6.07) is 7.24. The van der Waals surface area contributed by atoms with Crippen molar-refractivity contribution in [1.82, 2.24) is 5.32 Å². The van der Waals surface area contributed by atoms with E-state index < -0.39 is 6.10 Å². The number of aliphatic hydroxyl groups is 1. The predicted molar refractivity (Wildman–Crippen MR) is 72.9 cm³/mol. The third-order valence-electron chi connectivity index (χ3n) is 3.57. The summed E-state index contributed by atoms with van der Waals surface area (Å²) in [5.41, 5.74) is 1.66. The van der Waals surface area contributed by atoms with Crippen LogP contribution in [0.15, 0.2) is 24.3 Å². The molecule has 1 amide bonds. The number of amides is 1. The Morgan fingerprint density at radius 1 is 1.32 bits per heavy atom. The third-order valence-corrected chi connectivity index (χ3v) is 3.57. The van der Waals surface area contributed by atoms with E-state index in [1.54, 1.807) is 19.2 Å². The molecule has 19 heavy (non-hydrogen) atoms. The van der Waals surface area contributed by atoms with Crippen molar-refractivity contribution in [1.29, 1.82) is 0 Å². The molecule has 1 aromatic rings. The van der Waals surface area contributed by atoms with Gasteiger partial charge in [-0.25, -0.2) is 0 Å². The van der Waals surface area contributed by atoms with Gasteiger partial charge in [-0.2, -0.15) is 0 Å². The van der Waals surface area contributed by atoms with Crippen LogP contribution in [0.25, 0.3) is 0 Å². The normalized spacial score (nSPS) is 23.1. The zero-order valence-corrected chi connectivity index (χ0v) is 11.3. The molecule has 0 heterocycles. The molecule has 0 aliphatic heterocycles. The van der Waals surface area contributed by atoms with Crippen molar-refractivity contribution in [2.75, 3.05) is 7.11 Å². The van der Waals surface area contributed by atoms with Crippen LogP contribution in [0.2, 0.25) is 0 Å². The van der Waals surface area contributed by atoms with Gasteiger partial charge in [0.05, 0.1) is 18.8 Å². The number of hydrogen-bond acceptors (Lipinski definition) is 3. The number of carbonyl (C=O) groups excluding carboxylic acids is 1. The minimum absolute atomic E-state index is 0.111. The number of carbonyl (C=O) groups is 1.